The first-order valence-electron chi connectivity index (χ1n) is 9.48. The minimum absolute atomic E-state index is 0.157. The Morgan fingerprint density at radius 2 is 1.93 bits per heavy atom. The summed E-state index contributed by atoms with van der Waals surface area (Å²) in [6, 6.07) is 10.6. The van der Waals surface area contributed by atoms with Gasteiger partial charge in [0.2, 0.25) is 5.78 Å². The number of methoxy groups -OCH3 is 1. The fraction of sp³-hybridized carbons (Fsp3) is 0.174. The van der Waals surface area contributed by atoms with Crippen molar-refractivity contribution >= 4 is 17.8 Å². The van der Waals surface area contributed by atoms with Crippen LogP contribution in [0.3, 0.4) is 0 Å². The molecule has 0 N–H and O–H groups in total. The molecule has 3 heterocycles. The van der Waals surface area contributed by atoms with Crippen molar-refractivity contribution in [1.82, 2.24) is 9.78 Å². The van der Waals surface area contributed by atoms with Gasteiger partial charge in [-0.2, -0.15) is 5.10 Å². The van der Waals surface area contributed by atoms with Crippen LogP contribution in [0, 0.1) is 0 Å². The highest BCUT2D eigenvalue weighted by Crippen LogP contribution is 2.48. The Morgan fingerprint density at radius 3 is 2.63 bits per heavy atom. The van der Waals surface area contributed by atoms with Gasteiger partial charge in [-0.3, -0.25) is 14.3 Å². The lowest BCUT2D eigenvalue weighted by Crippen LogP contribution is -2.21. The number of ether oxygens (including phenoxy) is 3. The Kier molecular flexibility index (Phi) is 4.17. The number of aryl methyl sites for hydroxylation is 1. The normalized spacial score (nSPS) is 18.6. The van der Waals surface area contributed by atoms with Crippen molar-refractivity contribution in [2.24, 2.45) is 7.05 Å². The predicted octanol–water partition coefficient (Wildman–Crippen LogP) is 3.49. The van der Waals surface area contributed by atoms with Crippen LogP contribution in [-0.4, -0.2) is 28.6 Å². The minimum atomic E-state index is -0.324. The molecule has 3 aromatic rings. The number of aromatic nitrogens is 2. The van der Waals surface area contributed by atoms with Crippen molar-refractivity contribution in [3.05, 3.63) is 76.8 Å². The SMILES string of the molecule is COc1ccc(/C=C2\Oc3c(ccc4c3[C@H](c3cnn(C)c3)CC(=O)O4)C2=O)cc1. The van der Waals surface area contributed by atoms with E-state index in [2.05, 4.69) is 5.10 Å². The van der Waals surface area contributed by atoms with Crippen LogP contribution in [0.15, 0.2) is 54.6 Å². The van der Waals surface area contributed by atoms with Crippen molar-refractivity contribution in [2.45, 2.75) is 12.3 Å². The van der Waals surface area contributed by atoms with E-state index in [1.165, 1.54) is 0 Å². The monoisotopic (exact) mass is 402 g/mol. The lowest BCUT2D eigenvalue weighted by atomic mass is 9.86. The zero-order chi connectivity index (χ0) is 20.8. The standard InChI is InChI=1S/C23H18N2O5/c1-25-12-14(11-24-25)17-10-20(26)29-18-8-7-16-22(27)19(30-23(16)21(17)18)9-13-3-5-15(28-2)6-4-13/h3-9,11-12,17H,10H2,1-2H3/b19-9-/t17-/m0/s1. The number of benzene rings is 2. The number of ketones is 1. The van der Waals surface area contributed by atoms with E-state index in [-0.39, 0.29) is 29.9 Å². The molecule has 0 amide bonds. The molecule has 0 spiro atoms. The lowest BCUT2D eigenvalue weighted by molar-refractivity contribution is -0.135. The Bertz CT molecular complexity index is 1210. The number of allylic oxidation sites excluding steroid dienone is 1. The van der Waals surface area contributed by atoms with Gasteiger partial charge in [-0.1, -0.05) is 12.1 Å². The summed E-state index contributed by atoms with van der Waals surface area (Å²) in [5.74, 6) is 0.994. The van der Waals surface area contributed by atoms with E-state index in [9.17, 15) is 9.59 Å². The second-order valence-electron chi connectivity index (χ2n) is 7.25. The van der Waals surface area contributed by atoms with Crippen LogP contribution < -0.4 is 14.2 Å². The first-order valence-corrected chi connectivity index (χ1v) is 9.48. The van der Waals surface area contributed by atoms with Gasteiger partial charge in [-0.25, -0.2) is 0 Å². The molecule has 0 aliphatic carbocycles. The summed E-state index contributed by atoms with van der Waals surface area (Å²) in [6.07, 6.45) is 5.43. The number of nitrogens with zero attached hydrogens (tertiary/aromatic N) is 2. The van der Waals surface area contributed by atoms with Gasteiger partial charge in [0.1, 0.15) is 17.2 Å². The maximum atomic E-state index is 13.0. The quantitative estimate of drug-likeness (QED) is 0.379. The topological polar surface area (TPSA) is 79.7 Å². The second kappa shape index (κ2) is 6.88. The molecule has 0 unspecified atom stereocenters. The molecule has 0 saturated heterocycles. The third kappa shape index (κ3) is 2.95. The molecule has 5 rings (SSSR count). The maximum Gasteiger partial charge on any atom is 0.312 e. The number of carbonyl (C=O) groups excluding carboxylic acids is 2. The summed E-state index contributed by atoms with van der Waals surface area (Å²) in [7, 11) is 3.42. The molecule has 7 nitrogen and oxygen atoms in total. The third-order valence-electron chi connectivity index (χ3n) is 5.32. The number of rotatable bonds is 3. The average Bonchev–Trinajstić information content (AvgIpc) is 3.31. The molecule has 2 aromatic carbocycles. The van der Waals surface area contributed by atoms with Gasteiger partial charge in [-0.05, 0) is 41.5 Å². The van der Waals surface area contributed by atoms with E-state index in [0.717, 1.165) is 16.9 Å². The van der Waals surface area contributed by atoms with Crippen molar-refractivity contribution in [3.8, 4) is 17.2 Å². The summed E-state index contributed by atoms with van der Waals surface area (Å²) >= 11 is 0. The third-order valence-corrected chi connectivity index (χ3v) is 5.32. The zero-order valence-electron chi connectivity index (χ0n) is 16.4. The molecule has 0 fully saturated rings. The van der Waals surface area contributed by atoms with Crippen LogP contribution in [0.2, 0.25) is 0 Å². The minimum Gasteiger partial charge on any atom is -0.497 e. The molecule has 2 aliphatic heterocycles. The molecule has 1 atom stereocenters. The van der Waals surface area contributed by atoms with Crippen molar-refractivity contribution in [1.29, 1.82) is 0 Å². The Balaban J connectivity index is 1.58. The Labute approximate surface area is 172 Å². The highest BCUT2D eigenvalue weighted by molar-refractivity contribution is 6.15. The molecular formula is C23H18N2O5. The summed E-state index contributed by atoms with van der Waals surface area (Å²) in [4.78, 5) is 25.1. The van der Waals surface area contributed by atoms with Crippen molar-refractivity contribution in [3.63, 3.8) is 0 Å². The molecule has 7 heteroatoms. The van der Waals surface area contributed by atoms with Crippen LogP contribution in [-0.2, 0) is 11.8 Å². The molecule has 2 aliphatic rings. The number of Topliss-reactive ketones (excluding diaryl/α,β-unsaturated/α-hetero) is 1. The molecular weight excluding hydrogens is 384 g/mol. The maximum absolute atomic E-state index is 13.0. The molecule has 1 aromatic heterocycles. The highest BCUT2D eigenvalue weighted by atomic mass is 16.5. The van der Waals surface area contributed by atoms with E-state index in [1.807, 2.05) is 37.5 Å². The van der Waals surface area contributed by atoms with Gasteiger partial charge in [0.15, 0.2) is 5.76 Å². The van der Waals surface area contributed by atoms with Crippen molar-refractivity contribution in [2.75, 3.05) is 7.11 Å². The van der Waals surface area contributed by atoms with Crippen LogP contribution in [0.5, 0.6) is 17.2 Å². The number of hydrogen-bond donors (Lipinski definition) is 0. The summed E-state index contributed by atoms with van der Waals surface area (Å²) in [5, 5.41) is 4.22. The fourth-order valence-corrected chi connectivity index (χ4v) is 3.86. The first kappa shape index (κ1) is 18.2. The van der Waals surface area contributed by atoms with Crippen LogP contribution in [0.25, 0.3) is 6.08 Å². The fourth-order valence-electron chi connectivity index (χ4n) is 3.86. The predicted molar refractivity (Wildman–Crippen MR) is 108 cm³/mol. The van der Waals surface area contributed by atoms with Gasteiger partial charge in [0.25, 0.3) is 0 Å². The smallest absolute Gasteiger partial charge is 0.312 e. The number of fused-ring (bicyclic) bond motifs is 3. The number of carbonyl (C=O) groups is 2. The Hall–Kier alpha value is -3.87. The molecule has 0 radical (unpaired) electrons. The van der Waals surface area contributed by atoms with Crippen LogP contribution in [0.4, 0.5) is 0 Å². The van der Waals surface area contributed by atoms with E-state index in [4.69, 9.17) is 14.2 Å². The van der Waals surface area contributed by atoms with Crippen molar-refractivity contribution < 1.29 is 23.8 Å². The molecule has 0 saturated carbocycles. The van der Waals surface area contributed by atoms with Gasteiger partial charge in [0, 0.05) is 24.7 Å². The van der Waals surface area contributed by atoms with E-state index >= 15 is 0 Å². The van der Waals surface area contributed by atoms with Crippen LogP contribution >= 0.6 is 0 Å². The summed E-state index contributed by atoms with van der Waals surface area (Å²) in [6.45, 7) is 0. The van der Waals surface area contributed by atoms with Gasteiger partial charge < -0.3 is 14.2 Å². The lowest BCUT2D eigenvalue weighted by Gasteiger charge is -2.25. The Morgan fingerprint density at radius 1 is 1.13 bits per heavy atom. The number of esters is 1. The van der Waals surface area contributed by atoms with Gasteiger partial charge in [0.05, 0.1) is 25.3 Å². The summed E-state index contributed by atoms with van der Waals surface area (Å²) < 4.78 is 18.3. The van der Waals surface area contributed by atoms with E-state index in [0.29, 0.717) is 22.6 Å². The van der Waals surface area contributed by atoms with E-state index in [1.54, 1.807) is 36.2 Å². The van der Waals surface area contributed by atoms with Gasteiger partial charge in [-0.15, -0.1) is 0 Å². The second-order valence-corrected chi connectivity index (χ2v) is 7.25. The van der Waals surface area contributed by atoms with E-state index < -0.39 is 0 Å². The largest absolute Gasteiger partial charge is 0.497 e. The summed E-state index contributed by atoms with van der Waals surface area (Å²) in [5.41, 5.74) is 2.84. The van der Waals surface area contributed by atoms with Gasteiger partial charge >= 0.3 is 5.97 Å². The number of hydrogen-bond acceptors (Lipinski definition) is 6. The van der Waals surface area contributed by atoms with Crippen LogP contribution in [0.1, 0.15) is 39.4 Å². The first-order chi connectivity index (χ1) is 14.5. The highest BCUT2D eigenvalue weighted by Gasteiger charge is 2.38. The molecule has 30 heavy (non-hydrogen) atoms. The molecule has 150 valence electrons. The average molecular weight is 402 g/mol. The molecule has 0 bridgehead atoms. The zero-order valence-corrected chi connectivity index (χ0v) is 16.4.